The monoisotopic (exact) mass is 312 g/mol. The Morgan fingerprint density at radius 2 is 2.10 bits per heavy atom. The third-order valence-corrected chi connectivity index (χ3v) is 5.53. The van der Waals surface area contributed by atoms with Gasteiger partial charge in [0.2, 0.25) is 10.0 Å². The Kier molecular flexibility index (Phi) is 3.81. The van der Waals surface area contributed by atoms with Crippen molar-refractivity contribution >= 4 is 15.7 Å². The molecule has 0 bridgehead atoms. The first kappa shape index (κ1) is 14.6. The van der Waals surface area contributed by atoms with Crippen molar-refractivity contribution in [1.82, 2.24) is 4.72 Å². The Morgan fingerprint density at radius 3 is 2.76 bits per heavy atom. The normalized spacial score (nSPS) is 26.0. The first-order chi connectivity index (χ1) is 10.0. The second-order valence-electron chi connectivity index (χ2n) is 5.59. The highest BCUT2D eigenvalue weighted by Gasteiger charge is 2.42. The summed E-state index contributed by atoms with van der Waals surface area (Å²) in [5, 5.41) is 0. The second-order valence-corrected chi connectivity index (χ2v) is 7.31. The highest BCUT2D eigenvalue weighted by molar-refractivity contribution is 7.89. The van der Waals surface area contributed by atoms with Gasteiger partial charge >= 0.3 is 0 Å². The molecule has 7 heteroatoms. The fraction of sp³-hybridized carbons (Fsp3) is 0.571. The van der Waals surface area contributed by atoms with Crippen molar-refractivity contribution < 1.29 is 17.9 Å². The molecule has 1 heterocycles. The first-order valence-corrected chi connectivity index (χ1v) is 8.57. The number of hydrogen-bond donors (Lipinski definition) is 2. The van der Waals surface area contributed by atoms with Crippen LogP contribution in [-0.4, -0.2) is 34.3 Å². The maximum atomic E-state index is 12.5. The van der Waals surface area contributed by atoms with Gasteiger partial charge in [0.25, 0.3) is 0 Å². The van der Waals surface area contributed by atoms with Crippen molar-refractivity contribution in [2.24, 2.45) is 5.92 Å². The van der Waals surface area contributed by atoms with Crippen LogP contribution in [0.5, 0.6) is 5.75 Å². The minimum Gasteiger partial charge on any atom is -0.495 e. The van der Waals surface area contributed by atoms with Crippen molar-refractivity contribution in [3.63, 3.8) is 0 Å². The fourth-order valence-electron chi connectivity index (χ4n) is 2.75. The molecule has 1 aromatic rings. The lowest BCUT2D eigenvalue weighted by molar-refractivity contribution is 0.0848. The summed E-state index contributed by atoms with van der Waals surface area (Å²) in [5.41, 5.74) is 6.13. The number of rotatable bonds is 5. The molecule has 1 aliphatic heterocycles. The van der Waals surface area contributed by atoms with E-state index in [9.17, 15) is 8.42 Å². The first-order valence-electron chi connectivity index (χ1n) is 7.09. The van der Waals surface area contributed by atoms with Crippen molar-refractivity contribution in [2.45, 2.75) is 36.3 Å². The van der Waals surface area contributed by atoms with E-state index in [4.69, 9.17) is 15.2 Å². The van der Waals surface area contributed by atoms with Crippen LogP contribution in [0.1, 0.15) is 19.3 Å². The highest BCUT2D eigenvalue weighted by atomic mass is 32.2. The van der Waals surface area contributed by atoms with E-state index in [0.29, 0.717) is 30.4 Å². The summed E-state index contributed by atoms with van der Waals surface area (Å²) in [6.45, 7) is 0.611. The van der Waals surface area contributed by atoms with Crippen molar-refractivity contribution in [1.29, 1.82) is 0 Å². The summed E-state index contributed by atoms with van der Waals surface area (Å²) in [7, 11) is -2.14. The molecule has 2 atom stereocenters. The van der Waals surface area contributed by atoms with Crippen LogP contribution in [-0.2, 0) is 14.8 Å². The van der Waals surface area contributed by atoms with Gasteiger partial charge in [0.05, 0.1) is 29.8 Å². The van der Waals surface area contributed by atoms with E-state index in [2.05, 4.69) is 4.72 Å². The van der Waals surface area contributed by atoms with Gasteiger partial charge in [-0.05, 0) is 37.3 Å². The van der Waals surface area contributed by atoms with Crippen LogP contribution in [0.25, 0.3) is 0 Å². The third kappa shape index (κ3) is 3.00. The summed E-state index contributed by atoms with van der Waals surface area (Å²) in [6, 6.07) is 4.32. The van der Waals surface area contributed by atoms with E-state index in [1.54, 1.807) is 0 Å². The molecule has 2 unspecified atom stereocenters. The maximum absolute atomic E-state index is 12.5. The summed E-state index contributed by atoms with van der Waals surface area (Å²) in [5.74, 6) is 0.862. The Bertz CT molecular complexity index is 628. The smallest absolute Gasteiger partial charge is 0.241 e. The molecule has 0 amide bonds. The highest BCUT2D eigenvalue weighted by Crippen LogP contribution is 2.39. The minimum atomic E-state index is -3.60. The van der Waals surface area contributed by atoms with E-state index in [1.807, 2.05) is 0 Å². The Labute approximate surface area is 124 Å². The van der Waals surface area contributed by atoms with E-state index in [-0.39, 0.29) is 17.0 Å². The average molecular weight is 312 g/mol. The minimum absolute atomic E-state index is 0.00968. The van der Waals surface area contributed by atoms with Crippen LogP contribution in [0.15, 0.2) is 23.1 Å². The van der Waals surface area contributed by atoms with E-state index >= 15 is 0 Å². The zero-order valence-electron chi connectivity index (χ0n) is 11.9. The van der Waals surface area contributed by atoms with Gasteiger partial charge in [0.15, 0.2) is 0 Å². The van der Waals surface area contributed by atoms with Gasteiger partial charge in [-0.2, -0.15) is 0 Å². The fourth-order valence-corrected chi connectivity index (χ4v) is 4.05. The number of nitrogens with one attached hydrogen (secondary N) is 1. The summed E-state index contributed by atoms with van der Waals surface area (Å²) < 4.78 is 38.5. The Balaban J connectivity index is 1.80. The molecule has 0 radical (unpaired) electrons. The van der Waals surface area contributed by atoms with Gasteiger partial charge in [-0.25, -0.2) is 13.1 Å². The largest absolute Gasteiger partial charge is 0.495 e. The molecule has 1 saturated carbocycles. The van der Waals surface area contributed by atoms with E-state index in [1.165, 1.54) is 25.3 Å². The number of ether oxygens (including phenoxy) is 2. The van der Waals surface area contributed by atoms with Gasteiger partial charge < -0.3 is 15.2 Å². The SMILES string of the molecule is COc1cc(S(=O)(=O)NC2CCOC2C2CC2)ccc1N. The molecule has 1 aromatic carbocycles. The summed E-state index contributed by atoms with van der Waals surface area (Å²) in [4.78, 5) is 0.162. The van der Waals surface area contributed by atoms with E-state index in [0.717, 1.165) is 12.8 Å². The predicted octanol–water partition coefficient (Wildman–Crippen LogP) is 1.12. The summed E-state index contributed by atoms with van der Waals surface area (Å²) >= 11 is 0. The number of anilines is 1. The lowest BCUT2D eigenvalue weighted by Gasteiger charge is -2.19. The zero-order chi connectivity index (χ0) is 15.0. The topological polar surface area (TPSA) is 90.7 Å². The molecule has 21 heavy (non-hydrogen) atoms. The number of nitrogens with two attached hydrogens (primary N) is 1. The molecule has 3 rings (SSSR count). The van der Waals surface area contributed by atoms with Crippen molar-refractivity contribution in [3.8, 4) is 5.75 Å². The van der Waals surface area contributed by atoms with Crippen molar-refractivity contribution in [2.75, 3.05) is 19.5 Å². The van der Waals surface area contributed by atoms with Gasteiger partial charge in [0.1, 0.15) is 5.75 Å². The van der Waals surface area contributed by atoms with Crippen LogP contribution in [0, 0.1) is 5.92 Å². The van der Waals surface area contributed by atoms with Crippen LogP contribution < -0.4 is 15.2 Å². The zero-order valence-corrected chi connectivity index (χ0v) is 12.7. The quantitative estimate of drug-likeness (QED) is 0.795. The van der Waals surface area contributed by atoms with Crippen LogP contribution in [0.3, 0.4) is 0 Å². The van der Waals surface area contributed by atoms with Crippen LogP contribution in [0.2, 0.25) is 0 Å². The molecule has 2 fully saturated rings. The van der Waals surface area contributed by atoms with Gasteiger partial charge in [-0.15, -0.1) is 0 Å². The molecule has 0 aromatic heterocycles. The van der Waals surface area contributed by atoms with E-state index < -0.39 is 10.0 Å². The number of nitrogen functional groups attached to an aromatic ring is 1. The average Bonchev–Trinajstić information content (AvgIpc) is 3.20. The standard InChI is InChI=1S/C14H20N2O4S/c1-19-13-8-10(4-5-11(13)15)21(17,18)16-12-6-7-20-14(12)9-2-3-9/h4-5,8-9,12,14,16H,2-3,6-7,15H2,1H3. The van der Waals surface area contributed by atoms with Crippen LogP contribution >= 0.6 is 0 Å². The molecule has 3 N–H and O–H groups in total. The molecular weight excluding hydrogens is 292 g/mol. The van der Waals surface area contributed by atoms with Gasteiger partial charge in [0, 0.05) is 12.7 Å². The molecular formula is C14H20N2O4S. The third-order valence-electron chi connectivity index (χ3n) is 4.04. The number of methoxy groups -OCH3 is 1. The second kappa shape index (κ2) is 5.47. The predicted molar refractivity (Wildman–Crippen MR) is 78.6 cm³/mol. The molecule has 6 nitrogen and oxygen atoms in total. The number of sulfonamides is 1. The molecule has 116 valence electrons. The molecule has 1 saturated heterocycles. The molecule has 0 spiro atoms. The van der Waals surface area contributed by atoms with Gasteiger partial charge in [-0.3, -0.25) is 0 Å². The lowest BCUT2D eigenvalue weighted by Crippen LogP contribution is -2.41. The maximum Gasteiger partial charge on any atom is 0.241 e. The summed E-state index contributed by atoms with van der Waals surface area (Å²) in [6.07, 6.45) is 2.97. The molecule has 2 aliphatic rings. The Hall–Kier alpha value is -1.31. The van der Waals surface area contributed by atoms with Crippen LogP contribution in [0.4, 0.5) is 5.69 Å². The number of hydrogen-bond acceptors (Lipinski definition) is 5. The number of benzene rings is 1. The van der Waals surface area contributed by atoms with Crippen molar-refractivity contribution in [3.05, 3.63) is 18.2 Å². The molecule has 1 aliphatic carbocycles. The van der Waals surface area contributed by atoms with Gasteiger partial charge in [-0.1, -0.05) is 0 Å². The lowest BCUT2D eigenvalue weighted by atomic mass is 10.1. The Morgan fingerprint density at radius 1 is 1.33 bits per heavy atom.